The van der Waals surface area contributed by atoms with Crippen LogP contribution in [0.3, 0.4) is 0 Å². The molecule has 0 amide bonds. The number of halogens is 1. The molecule has 1 aromatic carbocycles. The van der Waals surface area contributed by atoms with Crippen LogP contribution < -0.4 is 0 Å². The van der Waals surface area contributed by atoms with Gasteiger partial charge in [0.25, 0.3) is 0 Å². The lowest BCUT2D eigenvalue weighted by atomic mass is 9.68. The third-order valence-corrected chi connectivity index (χ3v) is 3.97. The second kappa shape index (κ2) is 4.89. The molecule has 1 aliphatic carbocycles. The van der Waals surface area contributed by atoms with Crippen LogP contribution in [0.25, 0.3) is 0 Å². The third kappa shape index (κ3) is 2.35. The number of hydrogen-bond donors (Lipinski definition) is 0. The molecule has 86 valence electrons. The number of hydrogen-bond acceptors (Lipinski definition) is 1. The Morgan fingerprint density at radius 1 is 1.29 bits per heavy atom. The van der Waals surface area contributed by atoms with Gasteiger partial charge in [0.05, 0.1) is 6.07 Å². The molecule has 1 nitrogen and oxygen atoms in total. The minimum atomic E-state index is -0.0782. The standard InChI is InChI=1S/C15H14BrN/c1-15(13-5-7-14(16)8-6-13)10-3-2-4-12(15)9-11-17/h2-8,10,12H,9H2,1H3. The summed E-state index contributed by atoms with van der Waals surface area (Å²) in [5.41, 5.74) is 1.17. The molecule has 0 saturated heterocycles. The van der Waals surface area contributed by atoms with Gasteiger partial charge in [0.15, 0.2) is 0 Å². The predicted molar refractivity (Wildman–Crippen MR) is 73.5 cm³/mol. The molecule has 0 fully saturated rings. The predicted octanol–water partition coefficient (Wildman–Crippen LogP) is 4.36. The Hall–Kier alpha value is -1.33. The highest BCUT2D eigenvalue weighted by Gasteiger charge is 2.32. The lowest BCUT2D eigenvalue weighted by molar-refractivity contribution is 0.431. The zero-order valence-electron chi connectivity index (χ0n) is 9.73. The average Bonchev–Trinajstić information content (AvgIpc) is 2.33. The molecule has 1 aliphatic rings. The van der Waals surface area contributed by atoms with Crippen molar-refractivity contribution in [3.63, 3.8) is 0 Å². The van der Waals surface area contributed by atoms with Crippen LogP contribution in [-0.4, -0.2) is 0 Å². The number of allylic oxidation sites excluding steroid dienone is 4. The second-order valence-electron chi connectivity index (χ2n) is 4.50. The van der Waals surface area contributed by atoms with Crippen molar-refractivity contribution in [3.05, 3.63) is 58.6 Å². The second-order valence-corrected chi connectivity index (χ2v) is 5.42. The maximum atomic E-state index is 8.93. The zero-order chi connectivity index (χ0) is 12.3. The van der Waals surface area contributed by atoms with Crippen molar-refractivity contribution in [1.82, 2.24) is 0 Å². The Balaban J connectivity index is 2.39. The van der Waals surface area contributed by atoms with Gasteiger partial charge in [-0.3, -0.25) is 0 Å². The summed E-state index contributed by atoms with van der Waals surface area (Å²) in [6.07, 6.45) is 8.97. The van der Waals surface area contributed by atoms with Crippen LogP contribution in [0.15, 0.2) is 53.0 Å². The summed E-state index contributed by atoms with van der Waals surface area (Å²) >= 11 is 3.45. The summed E-state index contributed by atoms with van der Waals surface area (Å²) < 4.78 is 1.08. The topological polar surface area (TPSA) is 23.8 Å². The van der Waals surface area contributed by atoms with Gasteiger partial charge in [-0.2, -0.15) is 5.26 Å². The van der Waals surface area contributed by atoms with Crippen LogP contribution in [0.5, 0.6) is 0 Å². The molecule has 0 saturated carbocycles. The van der Waals surface area contributed by atoms with Gasteiger partial charge < -0.3 is 0 Å². The molecule has 2 heteroatoms. The van der Waals surface area contributed by atoms with E-state index >= 15 is 0 Å². The Morgan fingerprint density at radius 2 is 2.00 bits per heavy atom. The Labute approximate surface area is 111 Å². The van der Waals surface area contributed by atoms with Gasteiger partial charge in [0.1, 0.15) is 0 Å². The number of benzene rings is 1. The molecule has 0 aromatic heterocycles. The Bertz CT molecular complexity index is 493. The van der Waals surface area contributed by atoms with E-state index in [1.54, 1.807) is 0 Å². The maximum Gasteiger partial charge on any atom is 0.0628 e. The number of rotatable bonds is 2. The van der Waals surface area contributed by atoms with Crippen LogP contribution >= 0.6 is 15.9 Å². The van der Waals surface area contributed by atoms with Crippen molar-refractivity contribution >= 4 is 15.9 Å². The minimum absolute atomic E-state index is 0.0782. The summed E-state index contributed by atoms with van der Waals surface area (Å²) in [4.78, 5) is 0. The lowest BCUT2D eigenvalue weighted by Gasteiger charge is -2.34. The highest BCUT2D eigenvalue weighted by molar-refractivity contribution is 9.10. The molecule has 0 bridgehead atoms. The van der Waals surface area contributed by atoms with Crippen molar-refractivity contribution in [3.8, 4) is 6.07 Å². The molecular formula is C15H14BrN. The van der Waals surface area contributed by atoms with Crippen molar-refractivity contribution in [2.45, 2.75) is 18.8 Å². The van der Waals surface area contributed by atoms with Gasteiger partial charge in [-0.1, -0.05) is 59.3 Å². The van der Waals surface area contributed by atoms with Crippen LogP contribution in [0.2, 0.25) is 0 Å². The molecule has 2 atom stereocenters. The van der Waals surface area contributed by atoms with E-state index < -0.39 is 0 Å². The summed E-state index contributed by atoms with van der Waals surface area (Å²) in [6, 6.07) is 10.6. The molecule has 2 unspecified atom stereocenters. The van der Waals surface area contributed by atoms with E-state index in [-0.39, 0.29) is 11.3 Å². The first kappa shape index (κ1) is 12.1. The molecule has 0 aliphatic heterocycles. The molecule has 1 aromatic rings. The minimum Gasteiger partial charge on any atom is -0.198 e. The van der Waals surface area contributed by atoms with Crippen molar-refractivity contribution in [1.29, 1.82) is 5.26 Å². The maximum absolute atomic E-state index is 8.93. The molecule has 0 spiro atoms. The van der Waals surface area contributed by atoms with Crippen molar-refractivity contribution in [2.24, 2.45) is 5.92 Å². The number of nitriles is 1. The van der Waals surface area contributed by atoms with Gasteiger partial charge in [-0.05, 0) is 17.7 Å². The summed E-state index contributed by atoms with van der Waals surface area (Å²) in [5.74, 6) is 0.249. The van der Waals surface area contributed by atoms with Gasteiger partial charge in [0.2, 0.25) is 0 Å². The van der Waals surface area contributed by atoms with E-state index in [9.17, 15) is 0 Å². The lowest BCUT2D eigenvalue weighted by Crippen LogP contribution is -2.30. The first-order valence-corrected chi connectivity index (χ1v) is 6.45. The third-order valence-electron chi connectivity index (χ3n) is 3.44. The smallest absolute Gasteiger partial charge is 0.0628 e. The molecule has 17 heavy (non-hydrogen) atoms. The molecule has 0 heterocycles. The van der Waals surface area contributed by atoms with Gasteiger partial charge >= 0.3 is 0 Å². The summed E-state index contributed by atoms with van der Waals surface area (Å²) in [6.45, 7) is 2.19. The molecular weight excluding hydrogens is 274 g/mol. The quantitative estimate of drug-likeness (QED) is 0.793. The summed E-state index contributed by atoms with van der Waals surface area (Å²) in [7, 11) is 0. The van der Waals surface area contributed by atoms with Crippen LogP contribution in [-0.2, 0) is 5.41 Å². The first-order chi connectivity index (χ1) is 8.16. The molecule has 2 rings (SSSR count). The normalized spacial score (nSPS) is 26.8. The van der Waals surface area contributed by atoms with E-state index in [1.165, 1.54) is 5.56 Å². The fraction of sp³-hybridized carbons (Fsp3) is 0.267. The van der Waals surface area contributed by atoms with Gasteiger partial charge in [-0.25, -0.2) is 0 Å². The summed E-state index contributed by atoms with van der Waals surface area (Å²) in [5, 5.41) is 8.93. The van der Waals surface area contributed by atoms with E-state index in [0.29, 0.717) is 6.42 Å². The highest BCUT2D eigenvalue weighted by atomic mass is 79.9. The first-order valence-electron chi connectivity index (χ1n) is 5.66. The van der Waals surface area contributed by atoms with Gasteiger partial charge in [0, 0.05) is 22.2 Å². The van der Waals surface area contributed by atoms with Gasteiger partial charge in [-0.15, -0.1) is 0 Å². The Morgan fingerprint density at radius 3 is 2.65 bits per heavy atom. The molecule has 0 radical (unpaired) electrons. The SMILES string of the molecule is CC1(c2ccc(Br)cc2)C=CC=CC1CC#N. The largest absolute Gasteiger partial charge is 0.198 e. The molecule has 0 N–H and O–H groups in total. The van der Waals surface area contributed by atoms with Crippen molar-refractivity contribution in [2.75, 3.05) is 0 Å². The van der Waals surface area contributed by atoms with E-state index in [0.717, 1.165) is 4.47 Å². The average molecular weight is 288 g/mol. The van der Waals surface area contributed by atoms with E-state index in [1.807, 2.05) is 6.08 Å². The fourth-order valence-electron chi connectivity index (χ4n) is 2.27. The van der Waals surface area contributed by atoms with Crippen LogP contribution in [0, 0.1) is 17.2 Å². The van der Waals surface area contributed by atoms with Crippen molar-refractivity contribution < 1.29 is 0 Å². The van der Waals surface area contributed by atoms with E-state index in [4.69, 9.17) is 5.26 Å². The van der Waals surface area contributed by atoms with Crippen LogP contribution in [0.4, 0.5) is 0 Å². The fourth-order valence-corrected chi connectivity index (χ4v) is 2.54. The highest BCUT2D eigenvalue weighted by Crippen LogP contribution is 2.38. The van der Waals surface area contributed by atoms with E-state index in [2.05, 4.69) is 71.4 Å². The van der Waals surface area contributed by atoms with Crippen LogP contribution in [0.1, 0.15) is 18.9 Å². The number of nitrogens with zero attached hydrogens (tertiary/aromatic N) is 1. The zero-order valence-corrected chi connectivity index (χ0v) is 11.3. The monoisotopic (exact) mass is 287 g/mol. The Kier molecular flexibility index (Phi) is 3.49.